The average Bonchev–Trinajstić information content (AvgIpc) is 2.28. The number of rotatable bonds is 6. The molecular weight excluding hydrogens is 232 g/mol. The van der Waals surface area contributed by atoms with Crippen LogP contribution in [0.4, 0.5) is 0 Å². The minimum absolute atomic E-state index is 0.662. The Morgan fingerprint density at radius 1 is 1.00 bits per heavy atom. The lowest BCUT2D eigenvalue weighted by Crippen LogP contribution is -2.60. The summed E-state index contributed by atoms with van der Waals surface area (Å²) in [6.07, 6.45) is 5.25. The van der Waals surface area contributed by atoms with E-state index >= 15 is 0 Å². The minimum Gasteiger partial charge on any atom is -0.302 e. The largest absolute Gasteiger partial charge is 0.302 e. The summed E-state index contributed by atoms with van der Waals surface area (Å²) >= 11 is 0. The van der Waals surface area contributed by atoms with Gasteiger partial charge in [0.25, 0.3) is 0 Å². The van der Waals surface area contributed by atoms with E-state index in [4.69, 9.17) is 0 Å². The van der Waals surface area contributed by atoms with E-state index in [9.17, 15) is 0 Å². The molecule has 2 rings (SSSR count). The Bertz CT molecular complexity index is 329. The van der Waals surface area contributed by atoms with Gasteiger partial charge in [-0.15, -0.1) is 6.58 Å². The molecule has 0 bridgehead atoms. The third kappa shape index (κ3) is 4.19. The first kappa shape index (κ1) is 14.8. The molecule has 0 unspecified atom stereocenters. The van der Waals surface area contributed by atoms with Crippen LogP contribution in [0.2, 0.25) is 0 Å². The maximum Gasteiger partial charge on any atom is 0.0187 e. The van der Waals surface area contributed by atoms with Crippen LogP contribution in [-0.2, 0) is 0 Å². The van der Waals surface area contributed by atoms with Crippen molar-refractivity contribution in [1.82, 2.24) is 9.80 Å². The fraction of sp³-hybridized carbons (Fsp3) is 0.765. The van der Waals surface area contributed by atoms with Crippen LogP contribution >= 0.6 is 0 Å². The minimum atomic E-state index is 0.662. The Balaban J connectivity index is 1.63. The quantitative estimate of drug-likeness (QED) is 0.678. The van der Waals surface area contributed by atoms with Crippen molar-refractivity contribution in [2.75, 3.05) is 39.3 Å². The highest BCUT2D eigenvalue weighted by Crippen LogP contribution is 2.40. The molecule has 19 heavy (non-hydrogen) atoms. The molecule has 0 aromatic carbocycles. The van der Waals surface area contributed by atoms with E-state index in [1.165, 1.54) is 69.6 Å². The normalized spacial score (nSPS) is 23.3. The summed E-state index contributed by atoms with van der Waals surface area (Å²) < 4.78 is 0. The zero-order valence-corrected chi connectivity index (χ0v) is 12.9. The van der Waals surface area contributed by atoms with Crippen molar-refractivity contribution in [1.29, 1.82) is 0 Å². The van der Waals surface area contributed by atoms with Crippen molar-refractivity contribution >= 4 is 0 Å². The van der Waals surface area contributed by atoms with Crippen molar-refractivity contribution in [3.05, 3.63) is 24.3 Å². The second kappa shape index (κ2) is 6.23. The number of nitrogens with zero attached hydrogens (tertiary/aromatic N) is 2. The third-order valence-electron chi connectivity index (χ3n) is 4.61. The molecule has 2 heteroatoms. The first-order valence-corrected chi connectivity index (χ1v) is 7.73. The van der Waals surface area contributed by atoms with Crippen molar-refractivity contribution in [2.24, 2.45) is 5.41 Å². The van der Waals surface area contributed by atoms with Gasteiger partial charge in [-0.3, -0.25) is 4.90 Å². The van der Waals surface area contributed by atoms with Crippen molar-refractivity contribution in [2.45, 2.75) is 39.5 Å². The zero-order chi connectivity index (χ0) is 13.9. The van der Waals surface area contributed by atoms with E-state index in [-0.39, 0.29) is 0 Å². The van der Waals surface area contributed by atoms with Gasteiger partial charge in [0.05, 0.1) is 0 Å². The summed E-state index contributed by atoms with van der Waals surface area (Å²) in [5.41, 5.74) is 3.28. The second-order valence-corrected chi connectivity index (χ2v) is 7.00. The SMILES string of the molecule is C=C(C)CCCN1CC2(CCN(CC(=C)C)CC2)C1. The molecule has 0 aromatic heterocycles. The average molecular weight is 262 g/mol. The lowest BCUT2D eigenvalue weighted by Gasteiger charge is -2.54. The Kier molecular flexibility index (Phi) is 4.86. The first-order chi connectivity index (χ1) is 8.99. The topological polar surface area (TPSA) is 6.48 Å². The molecule has 2 saturated heterocycles. The standard InChI is InChI=1S/C17H30N2/c1-15(2)6-5-9-19-13-17(14-19)7-10-18(11-8-17)12-16(3)4/h1,3,5-14H2,2,4H3. The van der Waals surface area contributed by atoms with Gasteiger partial charge in [-0.05, 0) is 64.6 Å². The number of likely N-dealkylation sites (tertiary alicyclic amines) is 2. The van der Waals surface area contributed by atoms with E-state index in [0.717, 1.165) is 6.54 Å². The fourth-order valence-corrected chi connectivity index (χ4v) is 3.55. The fourth-order valence-electron chi connectivity index (χ4n) is 3.55. The van der Waals surface area contributed by atoms with Crippen LogP contribution in [0, 0.1) is 5.41 Å². The number of piperidine rings is 1. The molecule has 108 valence electrons. The Labute approximate surface area is 119 Å². The summed E-state index contributed by atoms with van der Waals surface area (Å²) in [5, 5.41) is 0. The lowest BCUT2D eigenvalue weighted by atomic mass is 9.72. The van der Waals surface area contributed by atoms with Crippen LogP contribution in [0.1, 0.15) is 39.5 Å². The van der Waals surface area contributed by atoms with E-state index in [1.54, 1.807) is 0 Å². The van der Waals surface area contributed by atoms with Gasteiger partial charge in [0.2, 0.25) is 0 Å². The van der Waals surface area contributed by atoms with Gasteiger partial charge in [-0.25, -0.2) is 0 Å². The van der Waals surface area contributed by atoms with Crippen LogP contribution in [-0.4, -0.2) is 49.1 Å². The molecule has 2 aliphatic rings. The highest BCUT2D eigenvalue weighted by atomic mass is 15.2. The summed E-state index contributed by atoms with van der Waals surface area (Å²) in [7, 11) is 0. The van der Waals surface area contributed by atoms with Crippen LogP contribution in [0.15, 0.2) is 24.3 Å². The number of hydrogen-bond acceptors (Lipinski definition) is 2. The zero-order valence-electron chi connectivity index (χ0n) is 12.9. The third-order valence-corrected chi connectivity index (χ3v) is 4.61. The Morgan fingerprint density at radius 2 is 1.63 bits per heavy atom. The van der Waals surface area contributed by atoms with E-state index < -0.39 is 0 Å². The smallest absolute Gasteiger partial charge is 0.0187 e. The molecule has 1 spiro atoms. The maximum atomic E-state index is 4.02. The predicted octanol–water partition coefficient (Wildman–Crippen LogP) is 3.32. The highest BCUT2D eigenvalue weighted by molar-refractivity contribution is 5.00. The van der Waals surface area contributed by atoms with Gasteiger partial charge >= 0.3 is 0 Å². The highest BCUT2D eigenvalue weighted by Gasteiger charge is 2.44. The van der Waals surface area contributed by atoms with Gasteiger partial charge in [-0.2, -0.15) is 0 Å². The molecule has 2 fully saturated rings. The van der Waals surface area contributed by atoms with Crippen LogP contribution in [0.3, 0.4) is 0 Å². The molecule has 0 amide bonds. The molecule has 2 heterocycles. The van der Waals surface area contributed by atoms with Gasteiger partial charge in [0.1, 0.15) is 0 Å². The van der Waals surface area contributed by atoms with Crippen LogP contribution in [0.25, 0.3) is 0 Å². The van der Waals surface area contributed by atoms with Crippen molar-refractivity contribution < 1.29 is 0 Å². The molecule has 0 saturated carbocycles. The molecule has 0 aromatic rings. The van der Waals surface area contributed by atoms with E-state index in [2.05, 4.69) is 36.8 Å². The molecule has 0 atom stereocenters. The summed E-state index contributed by atoms with van der Waals surface area (Å²) in [6, 6.07) is 0. The molecule has 2 nitrogen and oxygen atoms in total. The maximum absolute atomic E-state index is 4.02. The number of allylic oxidation sites excluding steroid dienone is 1. The van der Waals surface area contributed by atoms with Crippen LogP contribution in [0.5, 0.6) is 0 Å². The molecule has 2 aliphatic heterocycles. The first-order valence-electron chi connectivity index (χ1n) is 7.73. The Morgan fingerprint density at radius 3 is 2.16 bits per heavy atom. The summed E-state index contributed by atoms with van der Waals surface area (Å²) in [5.74, 6) is 0. The van der Waals surface area contributed by atoms with Gasteiger partial charge in [0, 0.05) is 19.6 Å². The second-order valence-electron chi connectivity index (χ2n) is 7.00. The van der Waals surface area contributed by atoms with Gasteiger partial charge < -0.3 is 4.90 Å². The Hall–Kier alpha value is -0.600. The van der Waals surface area contributed by atoms with E-state index in [1.807, 2.05) is 0 Å². The van der Waals surface area contributed by atoms with Crippen molar-refractivity contribution in [3.63, 3.8) is 0 Å². The molecule has 0 radical (unpaired) electrons. The van der Waals surface area contributed by atoms with Gasteiger partial charge in [-0.1, -0.05) is 17.7 Å². The van der Waals surface area contributed by atoms with E-state index in [0.29, 0.717) is 5.41 Å². The summed E-state index contributed by atoms with van der Waals surface area (Å²) in [6.45, 7) is 19.9. The monoisotopic (exact) mass is 262 g/mol. The predicted molar refractivity (Wildman–Crippen MR) is 83.4 cm³/mol. The number of hydrogen-bond donors (Lipinski definition) is 0. The molecular formula is C17H30N2. The van der Waals surface area contributed by atoms with Gasteiger partial charge in [0.15, 0.2) is 0 Å². The van der Waals surface area contributed by atoms with Crippen LogP contribution < -0.4 is 0 Å². The lowest BCUT2D eigenvalue weighted by molar-refractivity contribution is -0.0450. The van der Waals surface area contributed by atoms with Crippen molar-refractivity contribution in [3.8, 4) is 0 Å². The molecule has 0 N–H and O–H groups in total. The molecule has 0 aliphatic carbocycles. The summed E-state index contributed by atoms with van der Waals surface area (Å²) in [4.78, 5) is 5.20.